The Morgan fingerprint density at radius 3 is 2.92 bits per heavy atom. The van der Waals surface area contributed by atoms with E-state index in [9.17, 15) is 4.79 Å². The topological polar surface area (TPSA) is 60.9 Å². The molecule has 2 aromatic heterocycles. The van der Waals surface area contributed by atoms with Crippen molar-refractivity contribution in [3.63, 3.8) is 0 Å². The molecule has 13 heavy (non-hydrogen) atoms. The van der Waals surface area contributed by atoms with Gasteiger partial charge in [-0.3, -0.25) is 9.78 Å². The standard InChI is InChI=1S/C9H9N3O/c1-12-8(13)3-2-6-4-11-5-7(10)9(6)12/h2-5H,10H2,1H3. The third kappa shape index (κ3) is 1.07. The van der Waals surface area contributed by atoms with Gasteiger partial charge in [-0.25, -0.2) is 0 Å². The average Bonchev–Trinajstić information content (AvgIpc) is 2.12. The molecule has 4 nitrogen and oxygen atoms in total. The van der Waals surface area contributed by atoms with Crippen LogP contribution in [0.15, 0.2) is 29.3 Å². The van der Waals surface area contributed by atoms with E-state index in [-0.39, 0.29) is 5.56 Å². The number of nitrogen functional groups attached to an aromatic ring is 1. The third-order valence-corrected chi connectivity index (χ3v) is 2.05. The van der Waals surface area contributed by atoms with Gasteiger partial charge < -0.3 is 10.3 Å². The van der Waals surface area contributed by atoms with Gasteiger partial charge in [-0.15, -0.1) is 0 Å². The monoisotopic (exact) mass is 175 g/mol. The molecule has 0 aliphatic carbocycles. The SMILES string of the molecule is Cn1c(=O)ccc2cncc(N)c21. The fourth-order valence-electron chi connectivity index (χ4n) is 1.38. The molecule has 0 aliphatic heterocycles. The first-order valence-electron chi connectivity index (χ1n) is 3.89. The summed E-state index contributed by atoms with van der Waals surface area (Å²) in [6, 6.07) is 3.23. The van der Waals surface area contributed by atoms with Crippen LogP contribution in [0.25, 0.3) is 10.9 Å². The van der Waals surface area contributed by atoms with Crippen LogP contribution < -0.4 is 11.3 Å². The highest BCUT2D eigenvalue weighted by molar-refractivity contribution is 5.88. The van der Waals surface area contributed by atoms with Crippen LogP contribution in [0.5, 0.6) is 0 Å². The lowest BCUT2D eigenvalue weighted by molar-refractivity contribution is 0.906. The second kappa shape index (κ2) is 2.58. The van der Waals surface area contributed by atoms with Crippen molar-refractivity contribution in [3.05, 3.63) is 34.9 Å². The highest BCUT2D eigenvalue weighted by atomic mass is 16.1. The average molecular weight is 175 g/mol. The summed E-state index contributed by atoms with van der Waals surface area (Å²) in [4.78, 5) is 15.2. The van der Waals surface area contributed by atoms with Gasteiger partial charge in [0.05, 0.1) is 17.4 Å². The van der Waals surface area contributed by atoms with Gasteiger partial charge >= 0.3 is 0 Å². The van der Waals surface area contributed by atoms with Crippen LogP contribution in [0.4, 0.5) is 5.69 Å². The molecule has 2 aromatic rings. The van der Waals surface area contributed by atoms with E-state index in [0.29, 0.717) is 5.69 Å². The van der Waals surface area contributed by atoms with Crippen molar-refractivity contribution in [3.8, 4) is 0 Å². The van der Waals surface area contributed by atoms with E-state index in [4.69, 9.17) is 5.73 Å². The minimum atomic E-state index is -0.0644. The Labute approximate surface area is 74.6 Å². The fourth-order valence-corrected chi connectivity index (χ4v) is 1.38. The number of aryl methyl sites for hydroxylation is 1. The Morgan fingerprint density at radius 2 is 2.15 bits per heavy atom. The van der Waals surface area contributed by atoms with Gasteiger partial charge in [-0.05, 0) is 6.07 Å². The van der Waals surface area contributed by atoms with Crippen LogP contribution in [0, 0.1) is 0 Å². The lowest BCUT2D eigenvalue weighted by Gasteiger charge is -2.05. The van der Waals surface area contributed by atoms with E-state index < -0.39 is 0 Å². The maximum absolute atomic E-state index is 11.3. The molecule has 0 atom stereocenters. The van der Waals surface area contributed by atoms with Gasteiger partial charge in [0, 0.05) is 24.7 Å². The number of nitrogens with two attached hydrogens (primary N) is 1. The summed E-state index contributed by atoms with van der Waals surface area (Å²) in [6.45, 7) is 0. The van der Waals surface area contributed by atoms with Crippen LogP contribution in [0.2, 0.25) is 0 Å². The summed E-state index contributed by atoms with van der Waals surface area (Å²) in [6.07, 6.45) is 3.23. The van der Waals surface area contributed by atoms with Crippen molar-refractivity contribution in [1.29, 1.82) is 0 Å². The van der Waals surface area contributed by atoms with Crippen LogP contribution in [-0.4, -0.2) is 9.55 Å². The third-order valence-electron chi connectivity index (χ3n) is 2.05. The molecule has 0 spiro atoms. The predicted molar refractivity (Wildman–Crippen MR) is 51.4 cm³/mol. The summed E-state index contributed by atoms with van der Waals surface area (Å²) in [5.74, 6) is 0. The summed E-state index contributed by atoms with van der Waals surface area (Å²) in [5.41, 5.74) is 6.90. The van der Waals surface area contributed by atoms with Gasteiger partial charge in [-0.2, -0.15) is 0 Å². The van der Waals surface area contributed by atoms with Gasteiger partial charge in [0.15, 0.2) is 0 Å². The largest absolute Gasteiger partial charge is 0.396 e. The number of hydrogen-bond acceptors (Lipinski definition) is 3. The molecule has 0 fully saturated rings. The first-order chi connectivity index (χ1) is 6.20. The number of rotatable bonds is 0. The zero-order valence-corrected chi connectivity index (χ0v) is 7.19. The zero-order chi connectivity index (χ0) is 9.42. The number of anilines is 1. The molecule has 2 heterocycles. The second-order valence-electron chi connectivity index (χ2n) is 2.90. The number of hydrogen-bond donors (Lipinski definition) is 1. The van der Waals surface area contributed by atoms with Crippen molar-refractivity contribution in [2.45, 2.75) is 0 Å². The molecular weight excluding hydrogens is 166 g/mol. The quantitative estimate of drug-likeness (QED) is 0.634. The molecule has 4 heteroatoms. The van der Waals surface area contributed by atoms with Gasteiger partial charge in [0.1, 0.15) is 0 Å². The minimum absolute atomic E-state index is 0.0644. The summed E-state index contributed by atoms with van der Waals surface area (Å²) < 4.78 is 1.52. The lowest BCUT2D eigenvalue weighted by atomic mass is 10.2. The first-order valence-corrected chi connectivity index (χ1v) is 3.89. The van der Waals surface area contributed by atoms with Gasteiger partial charge in [0.2, 0.25) is 0 Å². The first kappa shape index (κ1) is 7.79. The van der Waals surface area contributed by atoms with E-state index >= 15 is 0 Å². The molecule has 0 saturated carbocycles. The Balaban J connectivity index is 3.05. The van der Waals surface area contributed by atoms with Crippen LogP contribution in [-0.2, 0) is 7.05 Å². The Hall–Kier alpha value is -1.84. The summed E-state index contributed by atoms with van der Waals surface area (Å²) in [7, 11) is 1.70. The van der Waals surface area contributed by atoms with E-state index in [1.54, 1.807) is 25.5 Å². The van der Waals surface area contributed by atoms with E-state index in [1.807, 2.05) is 0 Å². The number of nitrogens with zero attached hydrogens (tertiary/aromatic N) is 2. The summed E-state index contributed by atoms with van der Waals surface area (Å²) >= 11 is 0. The molecule has 0 aromatic carbocycles. The van der Waals surface area contributed by atoms with Gasteiger partial charge in [-0.1, -0.05) is 0 Å². The van der Waals surface area contributed by atoms with Crippen LogP contribution in [0.3, 0.4) is 0 Å². The van der Waals surface area contributed by atoms with Crippen molar-refractivity contribution >= 4 is 16.6 Å². The maximum Gasteiger partial charge on any atom is 0.250 e. The molecular formula is C9H9N3O. The predicted octanol–water partition coefficient (Wildman–Crippen LogP) is 0.516. The molecule has 0 radical (unpaired) electrons. The smallest absolute Gasteiger partial charge is 0.250 e. The maximum atomic E-state index is 11.3. The lowest BCUT2D eigenvalue weighted by Crippen LogP contribution is -2.16. The fraction of sp³-hybridized carbons (Fsp3) is 0.111. The van der Waals surface area contributed by atoms with E-state index in [1.165, 1.54) is 10.6 Å². The van der Waals surface area contributed by atoms with Crippen molar-refractivity contribution in [1.82, 2.24) is 9.55 Å². The number of fused-ring (bicyclic) bond motifs is 1. The molecule has 0 bridgehead atoms. The Morgan fingerprint density at radius 1 is 1.38 bits per heavy atom. The molecule has 2 rings (SSSR count). The molecule has 2 N–H and O–H groups in total. The van der Waals surface area contributed by atoms with E-state index in [0.717, 1.165) is 10.9 Å². The number of aromatic nitrogens is 2. The highest BCUT2D eigenvalue weighted by Crippen LogP contribution is 2.15. The number of pyridine rings is 2. The minimum Gasteiger partial charge on any atom is -0.396 e. The van der Waals surface area contributed by atoms with Crippen molar-refractivity contribution in [2.75, 3.05) is 5.73 Å². The summed E-state index contributed by atoms with van der Waals surface area (Å²) in [5, 5.41) is 0.877. The van der Waals surface area contributed by atoms with Crippen LogP contribution in [0.1, 0.15) is 0 Å². The molecule has 0 unspecified atom stereocenters. The molecule has 0 aliphatic rings. The van der Waals surface area contributed by atoms with Crippen molar-refractivity contribution < 1.29 is 0 Å². The van der Waals surface area contributed by atoms with E-state index in [2.05, 4.69) is 4.98 Å². The Kier molecular flexibility index (Phi) is 1.55. The van der Waals surface area contributed by atoms with Gasteiger partial charge in [0.25, 0.3) is 5.56 Å². The Bertz CT molecular complexity index is 516. The molecule has 0 saturated heterocycles. The van der Waals surface area contributed by atoms with Crippen LogP contribution >= 0.6 is 0 Å². The normalized spacial score (nSPS) is 10.5. The molecule has 0 amide bonds. The zero-order valence-electron chi connectivity index (χ0n) is 7.19. The second-order valence-corrected chi connectivity index (χ2v) is 2.90. The van der Waals surface area contributed by atoms with Crippen molar-refractivity contribution in [2.24, 2.45) is 7.05 Å². The molecule has 66 valence electrons. The highest BCUT2D eigenvalue weighted by Gasteiger charge is 2.01.